The summed E-state index contributed by atoms with van der Waals surface area (Å²) in [5.41, 5.74) is 1.37. The summed E-state index contributed by atoms with van der Waals surface area (Å²) in [6, 6.07) is 12.0. The lowest BCUT2D eigenvalue weighted by molar-refractivity contribution is 0.0471. The number of ether oxygens (including phenoxy) is 4. The fourth-order valence-electron chi connectivity index (χ4n) is 2.18. The van der Waals surface area contributed by atoms with Gasteiger partial charge in [-0.1, -0.05) is 18.2 Å². The van der Waals surface area contributed by atoms with E-state index in [0.717, 1.165) is 0 Å². The lowest BCUT2D eigenvalue weighted by Gasteiger charge is -2.14. The molecule has 6 heteroatoms. The minimum absolute atomic E-state index is 0.000767. The molecule has 2 rings (SSSR count). The van der Waals surface area contributed by atoms with Gasteiger partial charge in [0.25, 0.3) is 0 Å². The van der Waals surface area contributed by atoms with Gasteiger partial charge in [0.05, 0.1) is 38.5 Å². The van der Waals surface area contributed by atoms with E-state index in [-0.39, 0.29) is 12.2 Å². The van der Waals surface area contributed by atoms with E-state index >= 15 is 0 Å². The number of nitriles is 1. The molecular weight excluding hydrogens is 310 g/mol. The molecule has 124 valence electrons. The van der Waals surface area contributed by atoms with Crippen LogP contribution in [-0.2, 0) is 11.3 Å². The average molecular weight is 327 g/mol. The van der Waals surface area contributed by atoms with Crippen molar-refractivity contribution in [2.24, 2.45) is 0 Å². The molecule has 6 nitrogen and oxygen atoms in total. The molecule has 2 aromatic rings. The van der Waals surface area contributed by atoms with Crippen LogP contribution in [0, 0.1) is 11.3 Å². The molecule has 24 heavy (non-hydrogen) atoms. The van der Waals surface area contributed by atoms with Crippen LogP contribution in [0.4, 0.5) is 0 Å². The van der Waals surface area contributed by atoms with E-state index in [9.17, 15) is 4.79 Å². The standard InChI is InChI=1S/C18H17NO5/c1-21-15-8-14(9-16(22-2)17(15)23-3)18(20)24-11-13-7-5-4-6-12(13)10-19/h4-9H,11H2,1-3H3. The molecule has 0 N–H and O–H groups in total. The van der Waals surface area contributed by atoms with E-state index < -0.39 is 5.97 Å². The van der Waals surface area contributed by atoms with Crippen LogP contribution in [0.1, 0.15) is 21.5 Å². The summed E-state index contributed by atoms with van der Waals surface area (Å²) in [5.74, 6) is 0.566. The first-order chi connectivity index (χ1) is 11.6. The Kier molecular flexibility index (Phi) is 5.63. The van der Waals surface area contributed by atoms with Gasteiger partial charge in [-0.15, -0.1) is 0 Å². The van der Waals surface area contributed by atoms with Crippen molar-refractivity contribution in [2.75, 3.05) is 21.3 Å². The SMILES string of the molecule is COc1cc(C(=O)OCc2ccccc2C#N)cc(OC)c1OC. The number of rotatable bonds is 6. The Bertz CT molecular complexity index is 754. The zero-order valence-corrected chi connectivity index (χ0v) is 13.7. The van der Waals surface area contributed by atoms with E-state index in [1.54, 1.807) is 24.3 Å². The van der Waals surface area contributed by atoms with Crippen molar-refractivity contribution >= 4 is 5.97 Å². The largest absolute Gasteiger partial charge is 0.493 e. The molecule has 0 heterocycles. The van der Waals surface area contributed by atoms with Gasteiger partial charge in [-0.25, -0.2) is 4.79 Å². The zero-order chi connectivity index (χ0) is 17.5. The highest BCUT2D eigenvalue weighted by Gasteiger charge is 2.18. The number of carbonyl (C=O) groups excluding carboxylic acids is 1. The second-order valence-electron chi connectivity index (χ2n) is 4.76. The van der Waals surface area contributed by atoms with Gasteiger partial charge in [0, 0.05) is 5.56 Å². The smallest absolute Gasteiger partial charge is 0.338 e. The topological polar surface area (TPSA) is 77.8 Å². The molecule has 0 aliphatic rings. The summed E-state index contributed by atoms with van der Waals surface area (Å²) in [6.07, 6.45) is 0. The third-order valence-electron chi connectivity index (χ3n) is 3.40. The van der Waals surface area contributed by atoms with Crippen LogP contribution in [0.3, 0.4) is 0 Å². The highest BCUT2D eigenvalue weighted by Crippen LogP contribution is 2.38. The normalized spacial score (nSPS) is 9.75. The molecule has 0 atom stereocenters. The Morgan fingerprint density at radius 3 is 2.21 bits per heavy atom. The molecule has 0 spiro atoms. The minimum atomic E-state index is -0.554. The highest BCUT2D eigenvalue weighted by atomic mass is 16.5. The Balaban J connectivity index is 2.22. The van der Waals surface area contributed by atoms with Crippen LogP contribution in [-0.4, -0.2) is 27.3 Å². The number of esters is 1. The maximum absolute atomic E-state index is 12.3. The maximum Gasteiger partial charge on any atom is 0.338 e. The Morgan fingerprint density at radius 2 is 1.67 bits per heavy atom. The molecule has 0 aliphatic heterocycles. The van der Waals surface area contributed by atoms with Gasteiger partial charge >= 0.3 is 5.97 Å². The second kappa shape index (κ2) is 7.88. The quantitative estimate of drug-likeness (QED) is 0.759. The second-order valence-corrected chi connectivity index (χ2v) is 4.76. The van der Waals surface area contributed by atoms with E-state index in [1.165, 1.54) is 33.5 Å². The zero-order valence-electron chi connectivity index (χ0n) is 13.7. The highest BCUT2D eigenvalue weighted by molar-refractivity contribution is 5.91. The predicted octanol–water partition coefficient (Wildman–Crippen LogP) is 2.94. The summed E-state index contributed by atoms with van der Waals surface area (Å²) in [4.78, 5) is 12.3. The van der Waals surface area contributed by atoms with E-state index in [1.807, 2.05) is 0 Å². The summed E-state index contributed by atoms with van der Waals surface area (Å²) in [7, 11) is 4.42. The van der Waals surface area contributed by atoms with Gasteiger partial charge in [0.1, 0.15) is 6.61 Å². The van der Waals surface area contributed by atoms with Gasteiger partial charge in [0.15, 0.2) is 11.5 Å². The predicted molar refractivity (Wildman–Crippen MR) is 86.4 cm³/mol. The van der Waals surface area contributed by atoms with Crippen molar-refractivity contribution in [1.82, 2.24) is 0 Å². The first-order valence-electron chi connectivity index (χ1n) is 7.09. The van der Waals surface area contributed by atoms with E-state index in [4.69, 9.17) is 24.2 Å². The molecule has 0 radical (unpaired) electrons. The minimum Gasteiger partial charge on any atom is -0.493 e. The van der Waals surface area contributed by atoms with Gasteiger partial charge in [0.2, 0.25) is 5.75 Å². The lowest BCUT2D eigenvalue weighted by atomic mass is 10.1. The van der Waals surface area contributed by atoms with Crippen LogP contribution in [0.25, 0.3) is 0 Å². The Labute approximate surface area is 140 Å². The lowest BCUT2D eigenvalue weighted by Crippen LogP contribution is -2.07. The first kappa shape index (κ1) is 17.2. The van der Waals surface area contributed by atoms with E-state index in [0.29, 0.717) is 28.4 Å². The third kappa shape index (κ3) is 3.58. The Morgan fingerprint density at radius 1 is 1.04 bits per heavy atom. The number of nitrogens with zero attached hydrogens (tertiary/aromatic N) is 1. The van der Waals surface area contributed by atoms with Crippen molar-refractivity contribution in [1.29, 1.82) is 5.26 Å². The van der Waals surface area contributed by atoms with Gasteiger partial charge in [-0.3, -0.25) is 0 Å². The fourth-order valence-corrected chi connectivity index (χ4v) is 2.18. The summed E-state index contributed by atoms with van der Waals surface area (Å²) in [5, 5.41) is 9.06. The van der Waals surface area contributed by atoms with Crippen molar-refractivity contribution in [3.05, 3.63) is 53.1 Å². The molecule has 0 fully saturated rings. The van der Waals surface area contributed by atoms with Crippen molar-refractivity contribution in [2.45, 2.75) is 6.61 Å². The molecule has 0 saturated heterocycles. The molecule has 0 amide bonds. The van der Waals surface area contributed by atoms with Crippen LogP contribution in [0.2, 0.25) is 0 Å². The molecule has 0 saturated carbocycles. The summed E-state index contributed by atoms with van der Waals surface area (Å²) < 4.78 is 20.9. The number of hydrogen-bond donors (Lipinski definition) is 0. The van der Waals surface area contributed by atoms with Crippen LogP contribution < -0.4 is 14.2 Å². The molecule has 0 aromatic heterocycles. The number of benzene rings is 2. The average Bonchev–Trinajstić information content (AvgIpc) is 2.64. The first-order valence-corrected chi connectivity index (χ1v) is 7.09. The summed E-state index contributed by atoms with van der Waals surface area (Å²) in [6.45, 7) is -0.000767. The van der Waals surface area contributed by atoms with Gasteiger partial charge in [-0.2, -0.15) is 5.26 Å². The monoisotopic (exact) mass is 327 g/mol. The summed E-state index contributed by atoms with van der Waals surface area (Å²) >= 11 is 0. The number of methoxy groups -OCH3 is 3. The van der Waals surface area contributed by atoms with Crippen LogP contribution >= 0.6 is 0 Å². The Hall–Kier alpha value is -3.20. The molecular formula is C18H17NO5. The van der Waals surface area contributed by atoms with Crippen molar-refractivity contribution in [3.63, 3.8) is 0 Å². The van der Waals surface area contributed by atoms with Crippen LogP contribution in [0.5, 0.6) is 17.2 Å². The van der Waals surface area contributed by atoms with Gasteiger partial charge < -0.3 is 18.9 Å². The molecule has 0 aliphatic carbocycles. The van der Waals surface area contributed by atoms with Crippen molar-refractivity contribution in [3.8, 4) is 23.3 Å². The van der Waals surface area contributed by atoms with Crippen LogP contribution in [0.15, 0.2) is 36.4 Å². The maximum atomic E-state index is 12.3. The van der Waals surface area contributed by atoms with E-state index in [2.05, 4.69) is 6.07 Å². The number of hydrogen-bond acceptors (Lipinski definition) is 6. The van der Waals surface area contributed by atoms with Crippen molar-refractivity contribution < 1.29 is 23.7 Å². The molecule has 0 bridgehead atoms. The third-order valence-corrected chi connectivity index (χ3v) is 3.40. The number of carbonyl (C=O) groups is 1. The molecule has 2 aromatic carbocycles. The van der Waals surface area contributed by atoms with Gasteiger partial charge in [-0.05, 0) is 18.2 Å². The molecule has 0 unspecified atom stereocenters. The fraction of sp³-hybridized carbons (Fsp3) is 0.222.